The average Bonchev–Trinajstić information content (AvgIpc) is 3.00. The van der Waals surface area contributed by atoms with Crippen LogP contribution in [0.1, 0.15) is 37.8 Å². The monoisotopic (exact) mass is 434 g/mol. The van der Waals surface area contributed by atoms with Gasteiger partial charge in [-0.15, -0.1) is 0 Å². The molecule has 1 aromatic carbocycles. The highest BCUT2D eigenvalue weighted by Gasteiger charge is 2.33. The van der Waals surface area contributed by atoms with Gasteiger partial charge < -0.3 is 9.84 Å². The third kappa shape index (κ3) is 4.74. The van der Waals surface area contributed by atoms with E-state index in [4.69, 9.17) is 4.52 Å². The second kappa shape index (κ2) is 8.49. The van der Waals surface area contributed by atoms with Gasteiger partial charge in [-0.2, -0.15) is 4.31 Å². The highest BCUT2D eigenvalue weighted by molar-refractivity contribution is 7.89. The summed E-state index contributed by atoms with van der Waals surface area (Å²) in [6.07, 6.45) is 0. The normalized spacial score (nSPS) is 16.6. The number of hydrogen-bond acceptors (Lipinski definition) is 6. The van der Waals surface area contributed by atoms with E-state index in [0.29, 0.717) is 37.6 Å². The van der Waals surface area contributed by atoms with Crippen LogP contribution in [0.4, 0.5) is 5.69 Å². The van der Waals surface area contributed by atoms with Crippen LogP contribution in [0.3, 0.4) is 0 Å². The minimum Gasteiger partial charge on any atom is -0.360 e. The van der Waals surface area contributed by atoms with Gasteiger partial charge in [0.25, 0.3) is 0 Å². The molecule has 0 atom stereocenters. The minimum atomic E-state index is -3.65. The van der Waals surface area contributed by atoms with Gasteiger partial charge in [0.05, 0.1) is 6.54 Å². The van der Waals surface area contributed by atoms with E-state index >= 15 is 0 Å². The maximum absolute atomic E-state index is 12.9. The first kappa shape index (κ1) is 22.5. The van der Waals surface area contributed by atoms with Gasteiger partial charge in [-0.05, 0) is 30.9 Å². The number of nitrogens with one attached hydrogen (secondary N) is 1. The molecule has 1 fully saturated rings. The molecule has 2 aromatic rings. The number of anilines is 1. The van der Waals surface area contributed by atoms with E-state index in [1.54, 1.807) is 13.8 Å². The van der Waals surface area contributed by atoms with Crippen molar-refractivity contribution in [2.45, 2.75) is 44.9 Å². The molecule has 0 bridgehead atoms. The van der Waals surface area contributed by atoms with Crippen LogP contribution < -0.4 is 5.32 Å². The number of carbonyl (C=O) groups is 1. The number of hydrogen-bond donors (Lipinski definition) is 1. The average molecular weight is 435 g/mol. The summed E-state index contributed by atoms with van der Waals surface area (Å²) in [7, 11) is -3.65. The summed E-state index contributed by atoms with van der Waals surface area (Å²) in [6, 6.07) is 7.80. The van der Waals surface area contributed by atoms with Crippen LogP contribution in [-0.4, -0.2) is 61.4 Å². The van der Waals surface area contributed by atoms with Crippen molar-refractivity contribution in [3.8, 4) is 0 Å². The molecule has 1 aliphatic rings. The number of nitrogens with zero attached hydrogens (tertiary/aromatic N) is 3. The number of sulfonamides is 1. The van der Waals surface area contributed by atoms with Gasteiger partial charge in [-0.25, -0.2) is 8.42 Å². The van der Waals surface area contributed by atoms with E-state index in [-0.39, 0.29) is 22.8 Å². The molecule has 9 heteroatoms. The van der Waals surface area contributed by atoms with Crippen LogP contribution >= 0.6 is 0 Å². The van der Waals surface area contributed by atoms with E-state index in [1.165, 1.54) is 4.31 Å². The predicted octanol–water partition coefficient (Wildman–Crippen LogP) is 2.53. The predicted molar refractivity (Wildman–Crippen MR) is 115 cm³/mol. The van der Waals surface area contributed by atoms with Crippen molar-refractivity contribution in [3.63, 3.8) is 0 Å². The SMILES string of the molecule is Cc1noc(C)c1S(=O)(=O)N1CCN(CC(=O)Nc2ccccc2C(C)(C)C)CC1. The van der Waals surface area contributed by atoms with Gasteiger partial charge in [0.15, 0.2) is 5.76 Å². The Balaban J connectivity index is 1.60. The first-order valence-electron chi connectivity index (χ1n) is 10.0. The van der Waals surface area contributed by atoms with E-state index in [9.17, 15) is 13.2 Å². The molecule has 0 spiro atoms. The smallest absolute Gasteiger partial charge is 0.248 e. The molecule has 164 valence electrons. The molecule has 0 radical (unpaired) electrons. The van der Waals surface area contributed by atoms with Gasteiger partial charge in [0.2, 0.25) is 15.9 Å². The second-order valence-electron chi connectivity index (χ2n) is 8.68. The van der Waals surface area contributed by atoms with Crippen molar-refractivity contribution in [2.24, 2.45) is 0 Å². The molecular weight excluding hydrogens is 404 g/mol. The number of benzene rings is 1. The molecule has 8 nitrogen and oxygen atoms in total. The van der Waals surface area contributed by atoms with Crippen LogP contribution in [0.5, 0.6) is 0 Å². The Bertz CT molecular complexity index is 996. The first-order chi connectivity index (χ1) is 14.0. The lowest BCUT2D eigenvalue weighted by Gasteiger charge is -2.33. The molecule has 1 N–H and O–H groups in total. The third-order valence-corrected chi connectivity index (χ3v) is 7.42. The number of aryl methyl sites for hydroxylation is 2. The topological polar surface area (TPSA) is 95.8 Å². The second-order valence-corrected chi connectivity index (χ2v) is 10.6. The number of amides is 1. The van der Waals surface area contributed by atoms with Gasteiger partial charge in [0.1, 0.15) is 10.6 Å². The maximum Gasteiger partial charge on any atom is 0.248 e. The molecule has 2 heterocycles. The van der Waals surface area contributed by atoms with E-state index in [0.717, 1.165) is 11.3 Å². The number of para-hydroxylation sites is 1. The molecule has 30 heavy (non-hydrogen) atoms. The molecule has 3 rings (SSSR count). The Labute approximate surface area is 178 Å². The number of piperazine rings is 1. The molecule has 1 saturated heterocycles. The molecular formula is C21H30N4O4S. The lowest BCUT2D eigenvalue weighted by molar-refractivity contribution is -0.117. The zero-order valence-electron chi connectivity index (χ0n) is 18.2. The van der Waals surface area contributed by atoms with Crippen molar-refractivity contribution >= 4 is 21.6 Å². The van der Waals surface area contributed by atoms with Gasteiger partial charge in [0, 0.05) is 31.9 Å². The van der Waals surface area contributed by atoms with Crippen LogP contribution in [0.25, 0.3) is 0 Å². The van der Waals surface area contributed by atoms with E-state index < -0.39 is 10.0 Å². The molecule has 1 aromatic heterocycles. The molecule has 0 aliphatic carbocycles. The lowest BCUT2D eigenvalue weighted by atomic mass is 9.86. The standard InChI is InChI=1S/C21H30N4O4S/c1-15-20(16(2)29-23-15)30(27,28)25-12-10-24(11-13-25)14-19(26)22-18-9-7-6-8-17(18)21(3,4)5/h6-9H,10-14H2,1-5H3,(H,22,26). The van der Waals surface area contributed by atoms with Crippen LogP contribution in [0.2, 0.25) is 0 Å². The summed E-state index contributed by atoms with van der Waals surface area (Å²) in [5, 5.41) is 6.76. The summed E-state index contributed by atoms with van der Waals surface area (Å²) in [5.41, 5.74) is 2.18. The lowest BCUT2D eigenvalue weighted by Crippen LogP contribution is -2.50. The molecule has 0 unspecified atom stereocenters. The Hall–Kier alpha value is -2.23. The fraction of sp³-hybridized carbons (Fsp3) is 0.524. The van der Waals surface area contributed by atoms with Crippen molar-refractivity contribution in [3.05, 3.63) is 41.3 Å². The van der Waals surface area contributed by atoms with Crippen molar-refractivity contribution in [1.29, 1.82) is 0 Å². The fourth-order valence-corrected chi connectivity index (χ4v) is 5.45. The highest BCUT2D eigenvalue weighted by atomic mass is 32.2. The number of rotatable bonds is 5. The Morgan fingerprint density at radius 2 is 1.77 bits per heavy atom. The molecule has 0 saturated carbocycles. The number of carbonyl (C=O) groups excluding carboxylic acids is 1. The van der Waals surface area contributed by atoms with Gasteiger partial charge in [-0.3, -0.25) is 9.69 Å². The first-order valence-corrected chi connectivity index (χ1v) is 11.5. The van der Waals surface area contributed by atoms with Gasteiger partial charge in [-0.1, -0.05) is 44.1 Å². The molecule has 1 aliphatic heterocycles. The van der Waals surface area contributed by atoms with Crippen LogP contribution in [0.15, 0.2) is 33.7 Å². The van der Waals surface area contributed by atoms with Crippen molar-refractivity contribution in [1.82, 2.24) is 14.4 Å². The summed E-state index contributed by atoms with van der Waals surface area (Å²) in [6.45, 7) is 11.4. The van der Waals surface area contributed by atoms with Crippen LogP contribution in [-0.2, 0) is 20.2 Å². The zero-order chi connectivity index (χ0) is 22.1. The third-order valence-electron chi connectivity index (χ3n) is 5.27. The van der Waals surface area contributed by atoms with Gasteiger partial charge >= 0.3 is 0 Å². The zero-order valence-corrected chi connectivity index (χ0v) is 19.0. The van der Waals surface area contributed by atoms with E-state index in [2.05, 4.69) is 31.2 Å². The Kier molecular flexibility index (Phi) is 6.35. The summed E-state index contributed by atoms with van der Waals surface area (Å²) < 4.78 is 32.3. The Morgan fingerprint density at radius 1 is 1.13 bits per heavy atom. The minimum absolute atomic E-state index is 0.0813. The number of aromatic nitrogens is 1. The highest BCUT2D eigenvalue weighted by Crippen LogP contribution is 2.29. The summed E-state index contributed by atoms with van der Waals surface area (Å²) in [5.74, 6) is 0.195. The quantitative estimate of drug-likeness (QED) is 0.777. The fourth-order valence-electron chi connectivity index (χ4n) is 3.74. The van der Waals surface area contributed by atoms with Crippen molar-refractivity contribution in [2.75, 3.05) is 38.0 Å². The summed E-state index contributed by atoms with van der Waals surface area (Å²) >= 11 is 0. The molecule has 1 amide bonds. The Morgan fingerprint density at radius 3 is 2.33 bits per heavy atom. The van der Waals surface area contributed by atoms with Crippen molar-refractivity contribution < 1.29 is 17.7 Å². The van der Waals surface area contributed by atoms with E-state index in [1.807, 2.05) is 29.2 Å². The van der Waals surface area contributed by atoms with Crippen LogP contribution in [0, 0.1) is 13.8 Å². The largest absolute Gasteiger partial charge is 0.360 e. The maximum atomic E-state index is 12.9. The summed E-state index contributed by atoms with van der Waals surface area (Å²) in [4.78, 5) is 14.7.